The summed E-state index contributed by atoms with van der Waals surface area (Å²) in [5.41, 5.74) is 3.68. The van der Waals surface area contributed by atoms with Crippen LogP contribution in [0.25, 0.3) is 0 Å². The van der Waals surface area contributed by atoms with E-state index in [2.05, 4.69) is 50.4 Å². The average molecular weight is 311 g/mol. The van der Waals surface area contributed by atoms with Crippen molar-refractivity contribution in [1.29, 1.82) is 0 Å². The second-order valence-electron chi connectivity index (χ2n) is 6.69. The third-order valence-corrected chi connectivity index (χ3v) is 3.72. The summed E-state index contributed by atoms with van der Waals surface area (Å²) in [6, 6.07) is 18.2. The van der Waals surface area contributed by atoms with E-state index in [1.165, 1.54) is 11.1 Å². The maximum absolute atomic E-state index is 11.7. The number of hydrogen-bond donors (Lipinski definition) is 1. The van der Waals surface area contributed by atoms with Gasteiger partial charge in [-0.15, -0.1) is 0 Å². The van der Waals surface area contributed by atoms with Gasteiger partial charge in [-0.05, 0) is 28.5 Å². The quantitative estimate of drug-likeness (QED) is 0.885. The van der Waals surface area contributed by atoms with Crippen molar-refractivity contribution >= 4 is 6.09 Å². The molecular formula is C20H25NO2. The number of hydrogen-bond acceptors (Lipinski definition) is 2. The van der Waals surface area contributed by atoms with Crippen LogP contribution in [0.5, 0.6) is 0 Å². The van der Waals surface area contributed by atoms with Crippen molar-refractivity contribution in [1.82, 2.24) is 5.32 Å². The molecule has 0 fully saturated rings. The molecule has 1 N–H and O–H groups in total. The lowest BCUT2D eigenvalue weighted by Crippen LogP contribution is -2.26. The molecule has 0 aromatic heterocycles. The minimum Gasteiger partial charge on any atom is -0.445 e. The predicted molar refractivity (Wildman–Crippen MR) is 93.5 cm³/mol. The summed E-state index contributed by atoms with van der Waals surface area (Å²) in [5, 5.41) is 2.79. The second kappa shape index (κ2) is 7.82. The molecule has 0 saturated heterocycles. The van der Waals surface area contributed by atoms with Crippen LogP contribution < -0.4 is 5.32 Å². The van der Waals surface area contributed by atoms with E-state index >= 15 is 0 Å². The summed E-state index contributed by atoms with van der Waals surface area (Å²) < 4.78 is 5.18. The topological polar surface area (TPSA) is 38.3 Å². The van der Waals surface area contributed by atoms with Crippen LogP contribution in [-0.2, 0) is 23.2 Å². The van der Waals surface area contributed by atoms with E-state index in [0.29, 0.717) is 13.2 Å². The molecule has 2 aromatic carbocycles. The summed E-state index contributed by atoms with van der Waals surface area (Å²) in [5.74, 6) is 0. The van der Waals surface area contributed by atoms with Gasteiger partial charge in [0.1, 0.15) is 6.61 Å². The standard InChI is InChI=1S/C20H25NO2/c1-20(2,3)18-11-9-16(10-12-18)13-14-21-19(22)23-15-17-7-5-4-6-8-17/h4-12H,13-15H2,1-3H3,(H,21,22). The van der Waals surface area contributed by atoms with Crippen molar-refractivity contribution in [2.75, 3.05) is 6.54 Å². The number of nitrogens with one attached hydrogen (secondary N) is 1. The number of ether oxygens (including phenoxy) is 1. The highest BCUT2D eigenvalue weighted by molar-refractivity contribution is 5.67. The summed E-state index contributed by atoms with van der Waals surface area (Å²) in [7, 11) is 0. The Morgan fingerprint density at radius 1 is 0.957 bits per heavy atom. The highest BCUT2D eigenvalue weighted by Gasteiger charge is 2.12. The Morgan fingerprint density at radius 3 is 2.22 bits per heavy atom. The lowest BCUT2D eigenvalue weighted by atomic mass is 9.86. The van der Waals surface area contributed by atoms with Crippen LogP contribution in [0, 0.1) is 0 Å². The van der Waals surface area contributed by atoms with Gasteiger partial charge in [-0.3, -0.25) is 0 Å². The maximum Gasteiger partial charge on any atom is 0.407 e. The Labute approximate surface area is 138 Å². The molecule has 0 radical (unpaired) electrons. The van der Waals surface area contributed by atoms with Crippen LogP contribution in [0.3, 0.4) is 0 Å². The third-order valence-electron chi connectivity index (χ3n) is 3.72. The van der Waals surface area contributed by atoms with Crippen LogP contribution in [-0.4, -0.2) is 12.6 Å². The fraction of sp³-hybridized carbons (Fsp3) is 0.350. The smallest absolute Gasteiger partial charge is 0.407 e. The Bertz CT molecular complexity index is 612. The Balaban J connectivity index is 1.71. The van der Waals surface area contributed by atoms with E-state index in [9.17, 15) is 4.79 Å². The summed E-state index contributed by atoms with van der Waals surface area (Å²) in [6.07, 6.45) is 0.422. The average Bonchev–Trinajstić information content (AvgIpc) is 2.53. The van der Waals surface area contributed by atoms with Crippen LogP contribution in [0.15, 0.2) is 54.6 Å². The molecule has 0 spiro atoms. The molecular weight excluding hydrogens is 286 g/mol. The number of rotatable bonds is 5. The summed E-state index contributed by atoms with van der Waals surface area (Å²) >= 11 is 0. The third kappa shape index (κ3) is 5.78. The number of carbonyl (C=O) groups is 1. The van der Waals surface area contributed by atoms with Gasteiger partial charge in [0.25, 0.3) is 0 Å². The lowest BCUT2D eigenvalue weighted by molar-refractivity contribution is 0.140. The molecule has 3 nitrogen and oxygen atoms in total. The Hall–Kier alpha value is -2.29. The molecule has 2 aromatic rings. The van der Waals surface area contributed by atoms with Gasteiger partial charge < -0.3 is 10.1 Å². The zero-order valence-electron chi connectivity index (χ0n) is 14.1. The monoisotopic (exact) mass is 311 g/mol. The molecule has 3 heteroatoms. The van der Waals surface area contributed by atoms with Crippen LogP contribution in [0.4, 0.5) is 4.79 Å². The van der Waals surface area contributed by atoms with Crippen LogP contribution in [0.2, 0.25) is 0 Å². The van der Waals surface area contributed by atoms with Crippen molar-refractivity contribution < 1.29 is 9.53 Å². The summed E-state index contributed by atoms with van der Waals surface area (Å²) in [6.45, 7) is 7.47. The number of carbonyl (C=O) groups excluding carboxylic acids is 1. The van der Waals surface area contributed by atoms with Crippen molar-refractivity contribution in [3.63, 3.8) is 0 Å². The first kappa shape index (κ1) is 17.1. The van der Waals surface area contributed by atoms with Gasteiger partial charge in [-0.25, -0.2) is 4.79 Å². The first-order valence-electron chi connectivity index (χ1n) is 7.99. The van der Waals surface area contributed by atoms with Gasteiger partial charge in [-0.2, -0.15) is 0 Å². The van der Waals surface area contributed by atoms with Crippen LogP contribution in [0.1, 0.15) is 37.5 Å². The van der Waals surface area contributed by atoms with E-state index in [4.69, 9.17) is 4.74 Å². The van der Waals surface area contributed by atoms with E-state index in [1.807, 2.05) is 30.3 Å². The van der Waals surface area contributed by atoms with Gasteiger partial charge in [0, 0.05) is 6.54 Å². The van der Waals surface area contributed by atoms with Gasteiger partial charge in [0.2, 0.25) is 0 Å². The summed E-state index contributed by atoms with van der Waals surface area (Å²) in [4.78, 5) is 11.7. The van der Waals surface area contributed by atoms with E-state index in [0.717, 1.165) is 12.0 Å². The largest absolute Gasteiger partial charge is 0.445 e. The molecule has 0 saturated carbocycles. The zero-order valence-corrected chi connectivity index (χ0v) is 14.1. The first-order chi connectivity index (χ1) is 10.9. The van der Waals surface area contributed by atoms with Gasteiger partial charge in [-0.1, -0.05) is 75.4 Å². The van der Waals surface area contributed by atoms with Gasteiger partial charge in [0.15, 0.2) is 0 Å². The molecule has 1 amide bonds. The van der Waals surface area contributed by atoms with Crippen LogP contribution >= 0.6 is 0 Å². The van der Waals surface area contributed by atoms with E-state index in [1.54, 1.807) is 0 Å². The van der Waals surface area contributed by atoms with Gasteiger partial charge in [0.05, 0.1) is 0 Å². The van der Waals surface area contributed by atoms with Crippen molar-refractivity contribution in [3.05, 3.63) is 71.3 Å². The Morgan fingerprint density at radius 2 is 1.61 bits per heavy atom. The van der Waals surface area contributed by atoms with Crippen molar-refractivity contribution in [2.45, 2.75) is 39.2 Å². The molecule has 0 aliphatic carbocycles. The number of alkyl carbamates (subject to hydrolysis) is 1. The molecule has 23 heavy (non-hydrogen) atoms. The zero-order chi connectivity index (χ0) is 16.7. The molecule has 0 bridgehead atoms. The minimum absolute atomic E-state index is 0.165. The molecule has 2 rings (SSSR count). The molecule has 0 unspecified atom stereocenters. The first-order valence-corrected chi connectivity index (χ1v) is 7.99. The maximum atomic E-state index is 11.7. The fourth-order valence-corrected chi connectivity index (χ4v) is 2.25. The Kier molecular flexibility index (Phi) is 5.80. The highest BCUT2D eigenvalue weighted by Crippen LogP contribution is 2.22. The van der Waals surface area contributed by atoms with Gasteiger partial charge >= 0.3 is 6.09 Å². The van der Waals surface area contributed by atoms with E-state index < -0.39 is 0 Å². The number of amides is 1. The molecule has 0 aliphatic heterocycles. The van der Waals surface area contributed by atoms with E-state index in [-0.39, 0.29) is 11.5 Å². The number of benzene rings is 2. The molecule has 0 heterocycles. The molecule has 0 aliphatic rings. The SMILES string of the molecule is CC(C)(C)c1ccc(CCNC(=O)OCc2ccccc2)cc1. The predicted octanol–water partition coefficient (Wildman–Crippen LogP) is 4.45. The lowest BCUT2D eigenvalue weighted by Gasteiger charge is -2.19. The highest BCUT2D eigenvalue weighted by atomic mass is 16.5. The fourth-order valence-electron chi connectivity index (χ4n) is 2.25. The second-order valence-corrected chi connectivity index (χ2v) is 6.69. The molecule has 0 atom stereocenters. The minimum atomic E-state index is -0.375. The molecule has 122 valence electrons. The normalized spacial score (nSPS) is 11.1. The van der Waals surface area contributed by atoms with Crippen molar-refractivity contribution in [3.8, 4) is 0 Å². The van der Waals surface area contributed by atoms with Crippen molar-refractivity contribution in [2.24, 2.45) is 0 Å².